The standard InChI is InChI=1S/C15H16O3S.H2O/c1-2-6-13-11-14(19(16,17)18)9-10-15(13)12-7-4-3-5-8-12;/h3-5,7-11H,2,6H2,1H3,(H,16,17,18);1H2. The summed E-state index contributed by atoms with van der Waals surface area (Å²) in [7, 11) is -4.14. The fourth-order valence-corrected chi connectivity index (χ4v) is 2.64. The summed E-state index contributed by atoms with van der Waals surface area (Å²) in [5.74, 6) is 0. The normalized spacial score (nSPS) is 10.9. The van der Waals surface area contributed by atoms with E-state index in [1.54, 1.807) is 12.1 Å². The molecule has 0 aliphatic carbocycles. The molecular weight excluding hydrogens is 276 g/mol. The van der Waals surface area contributed by atoms with E-state index in [1.165, 1.54) is 6.07 Å². The summed E-state index contributed by atoms with van der Waals surface area (Å²) in [5.41, 5.74) is 2.99. The van der Waals surface area contributed by atoms with E-state index in [4.69, 9.17) is 4.55 Å². The van der Waals surface area contributed by atoms with Gasteiger partial charge in [-0.25, -0.2) is 0 Å². The van der Waals surface area contributed by atoms with Crippen LogP contribution in [0.15, 0.2) is 53.4 Å². The van der Waals surface area contributed by atoms with Crippen molar-refractivity contribution in [2.45, 2.75) is 24.7 Å². The van der Waals surface area contributed by atoms with E-state index in [-0.39, 0.29) is 10.4 Å². The summed E-state index contributed by atoms with van der Waals surface area (Å²) in [6.07, 6.45) is 1.68. The molecule has 0 aliphatic heterocycles. The molecule has 3 N–H and O–H groups in total. The fraction of sp³-hybridized carbons (Fsp3) is 0.200. The molecular formula is C15H18O4S. The van der Waals surface area contributed by atoms with Crippen LogP contribution in [0.5, 0.6) is 0 Å². The lowest BCUT2D eigenvalue weighted by atomic mass is 9.97. The Balaban J connectivity index is 0.00000200. The third-order valence-corrected chi connectivity index (χ3v) is 3.83. The molecule has 20 heavy (non-hydrogen) atoms. The van der Waals surface area contributed by atoms with Crippen LogP contribution in [0, 0.1) is 0 Å². The first-order valence-electron chi connectivity index (χ1n) is 6.18. The van der Waals surface area contributed by atoms with Crippen LogP contribution >= 0.6 is 0 Å². The molecule has 0 saturated carbocycles. The molecule has 0 spiro atoms. The van der Waals surface area contributed by atoms with Crippen LogP contribution < -0.4 is 0 Å². The highest BCUT2D eigenvalue weighted by Crippen LogP contribution is 2.27. The molecule has 4 nitrogen and oxygen atoms in total. The Bertz CT molecular complexity index is 664. The molecule has 0 atom stereocenters. The molecule has 108 valence electrons. The monoisotopic (exact) mass is 294 g/mol. The van der Waals surface area contributed by atoms with Gasteiger partial charge in [-0.2, -0.15) is 8.42 Å². The second-order valence-corrected chi connectivity index (χ2v) is 5.83. The summed E-state index contributed by atoms with van der Waals surface area (Å²) in [5, 5.41) is 0. The Kier molecular flexibility index (Phi) is 5.44. The van der Waals surface area contributed by atoms with Gasteiger partial charge in [0.25, 0.3) is 10.1 Å². The topological polar surface area (TPSA) is 85.9 Å². The average molecular weight is 294 g/mol. The number of aryl methyl sites for hydroxylation is 1. The largest absolute Gasteiger partial charge is 0.412 e. The van der Waals surface area contributed by atoms with Crippen molar-refractivity contribution in [3.05, 3.63) is 54.1 Å². The van der Waals surface area contributed by atoms with Crippen molar-refractivity contribution in [3.63, 3.8) is 0 Å². The fourth-order valence-electron chi connectivity index (χ4n) is 2.11. The van der Waals surface area contributed by atoms with Gasteiger partial charge in [0.05, 0.1) is 4.90 Å². The Morgan fingerprint density at radius 2 is 1.70 bits per heavy atom. The smallest absolute Gasteiger partial charge is 0.294 e. The molecule has 0 amide bonds. The Hall–Kier alpha value is -1.69. The van der Waals surface area contributed by atoms with Gasteiger partial charge in [-0.05, 0) is 35.2 Å². The van der Waals surface area contributed by atoms with Crippen LogP contribution in [-0.4, -0.2) is 18.4 Å². The van der Waals surface area contributed by atoms with E-state index >= 15 is 0 Å². The summed E-state index contributed by atoms with van der Waals surface area (Å²) in [6.45, 7) is 2.04. The van der Waals surface area contributed by atoms with Gasteiger partial charge >= 0.3 is 0 Å². The van der Waals surface area contributed by atoms with Crippen molar-refractivity contribution in [2.75, 3.05) is 0 Å². The van der Waals surface area contributed by atoms with E-state index in [1.807, 2.05) is 37.3 Å². The van der Waals surface area contributed by atoms with E-state index < -0.39 is 10.1 Å². The van der Waals surface area contributed by atoms with Crippen LogP contribution in [-0.2, 0) is 16.5 Å². The van der Waals surface area contributed by atoms with Gasteiger partial charge in [0, 0.05) is 0 Å². The first-order valence-corrected chi connectivity index (χ1v) is 7.62. The first-order chi connectivity index (χ1) is 9.02. The van der Waals surface area contributed by atoms with E-state index in [2.05, 4.69) is 0 Å². The zero-order chi connectivity index (χ0) is 13.9. The third kappa shape index (κ3) is 3.66. The van der Waals surface area contributed by atoms with Gasteiger partial charge in [0.2, 0.25) is 0 Å². The van der Waals surface area contributed by atoms with Crippen molar-refractivity contribution in [1.29, 1.82) is 0 Å². The number of rotatable bonds is 4. The molecule has 0 aliphatic rings. The lowest BCUT2D eigenvalue weighted by Crippen LogP contribution is -2.00. The van der Waals surface area contributed by atoms with E-state index in [9.17, 15) is 8.42 Å². The summed E-state index contributed by atoms with van der Waals surface area (Å²) in [6, 6.07) is 14.6. The molecule has 0 fully saturated rings. The first kappa shape index (κ1) is 16.4. The highest BCUT2D eigenvalue weighted by atomic mass is 32.2. The van der Waals surface area contributed by atoms with Crippen LogP contribution in [0.1, 0.15) is 18.9 Å². The van der Waals surface area contributed by atoms with Crippen LogP contribution in [0.25, 0.3) is 11.1 Å². The van der Waals surface area contributed by atoms with E-state index in [0.717, 1.165) is 29.5 Å². The maximum atomic E-state index is 11.2. The van der Waals surface area contributed by atoms with Gasteiger partial charge in [0.15, 0.2) is 0 Å². The number of benzene rings is 2. The van der Waals surface area contributed by atoms with Gasteiger partial charge in [0.1, 0.15) is 0 Å². The molecule has 5 heteroatoms. The lowest BCUT2D eigenvalue weighted by molar-refractivity contribution is 0.483. The SMILES string of the molecule is CCCc1cc(S(=O)(=O)O)ccc1-c1ccccc1.O. The quantitative estimate of drug-likeness (QED) is 0.880. The molecule has 2 aromatic carbocycles. The second-order valence-electron chi connectivity index (χ2n) is 4.41. The molecule has 2 rings (SSSR count). The molecule has 0 aromatic heterocycles. The molecule has 0 bridgehead atoms. The van der Waals surface area contributed by atoms with Crippen molar-refractivity contribution < 1.29 is 18.4 Å². The minimum absolute atomic E-state index is 0. The van der Waals surface area contributed by atoms with Gasteiger partial charge < -0.3 is 5.48 Å². The number of hydrogen-bond acceptors (Lipinski definition) is 2. The highest BCUT2D eigenvalue weighted by molar-refractivity contribution is 7.85. The molecule has 2 aromatic rings. The lowest BCUT2D eigenvalue weighted by Gasteiger charge is -2.10. The van der Waals surface area contributed by atoms with Crippen LogP contribution in [0.3, 0.4) is 0 Å². The minimum Gasteiger partial charge on any atom is -0.412 e. The predicted molar refractivity (Wildman–Crippen MR) is 79.3 cm³/mol. The van der Waals surface area contributed by atoms with Crippen LogP contribution in [0.2, 0.25) is 0 Å². The van der Waals surface area contributed by atoms with Crippen molar-refractivity contribution in [2.24, 2.45) is 0 Å². The maximum Gasteiger partial charge on any atom is 0.294 e. The van der Waals surface area contributed by atoms with Gasteiger partial charge in [-0.15, -0.1) is 0 Å². The predicted octanol–water partition coefficient (Wildman–Crippen LogP) is 2.73. The third-order valence-electron chi connectivity index (χ3n) is 2.98. The summed E-state index contributed by atoms with van der Waals surface area (Å²) in [4.78, 5) is -0.0457. The van der Waals surface area contributed by atoms with Crippen LogP contribution in [0.4, 0.5) is 0 Å². The molecule has 0 unspecified atom stereocenters. The zero-order valence-electron chi connectivity index (χ0n) is 11.2. The number of hydrogen-bond donors (Lipinski definition) is 1. The Labute approximate surface area is 119 Å². The molecule has 0 heterocycles. The summed E-state index contributed by atoms with van der Waals surface area (Å²) < 4.78 is 31.5. The van der Waals surface area contributed by atoms with Crippen molar-refractivity contribution in [3.8, 4) is 11.1 Å². The van der Waals surface area contributed by atoms with Crippen molar-refractivity contribution >= 4 is 10.1 Å². The average Bonchev–Trinajstić information content (AvgIpc) is 2.39. The summed E-state index contributed by atoms with van der Waals surface area (Å²) >= 11 is 0. The van der Waals surface area contributed by atoms with Gasteiger partial charge in [-0.3, -0.25) is 4.55 Å². The maximum absolute atomic E-state index is 11.2. The Morgan fingerprint density at radius 1 is 1.05 bits per heavy atom. The highest BCUT2D eigenvalue weighted by Gasteiger charge is 2.13. The second kappa shape index (κ2) is 6.65. The van der Waals surface area contributed by atoms with Crippen molar-refractivity contribution in [1.82, 2.24) is 0 Å². The minimum atomic E-state index is -4.14. The molecule has 0 radical (unpaired) electrons. The van der Waals surface area contributed by atoms with Gasteiger partial charge in [-0.1, -0.05) is 49.7 Å². The van der Waals surface area contributed by atoms with E-state index in [0.29, 0.717) is 0 Å². The zero-order valence-corrected chi connectivity index (χ0v) is 12.0. The Morgan fingerprint density at radius 3 is 2.25 bits per heavy atom. The molecule has 0 saturated heterocycles.